The highest BCUT2D eigenvalue weighted by atomic mass is 16.2. The number of hydrogen-bond donors (Lipinski definition) is 2. The Balaban J connectivity index is 2.17. The van der Waals surface area contributed by atoms with E-state index in [-0.39, 0.29) is 11.8 Å². The summed E-state index contributed by atoms with van der Waals surface area (Å²) in [5, 5.41) is 2.93. The van der Waals surface area contributed by atoms with Crippen LogP contribution in [0.4, 0.5) is 5.69 Å². The van der Waals surface area contributed by atoms with Crippen molar-refractivity contribution < 1.29 is 4.79 Å². The first-order valence-corrected chi connectivity index (χ1v) is 6.01. The summed E-state index contributed by atoms with van der Waals surface area (Å²) in [5.41, 5.74) is 6.38. The Hall–Kier alpha value is -1.65. The minimum atomic E-state index is -0.184. The van der Waals surface area contributed by atoms with E-state index in [0.717, 1.165) is 12.8 Å². The second-order valence-electron chi connectivity index (χ2n) is 4.79. The Morgan fingerprint density at radius 1 is 1.53 bits per heavy atom. The minimum absolute atomic E-state index is 0.184. The number of nitrogens with zero attached hydrogens (tertiary/aromatic N) is 2. The zero-order valence-corrected chi connectivity index (χ0v) is 10.2. The van der Waals surface area contributed by atoms with Gasteiger partial charge in [-0.2, -0.15) is 0 Å². The van der Waals surface area contributed by atoms with Gasteiger partial charge in [0.25, 0.3) is 5.91 Å². The molecule has 92 valence electrons. The fourth-order valence-corrected chi connectivity index (χ4v) is 1.67. The van der Waals surface area contributed by atoms with Crippen molar-refractivity contribution in [1.82, 2.24) is 15.3 Å². The van der Waals surface area contributed by atoms with Crippen molar-refractivity contribution in [3.8, 4) is 0 Å². The average molecular weight is 234 g/mol. The number of nitrogens with one attached hydrogen (secondary N) is 1. The van der Waals surface area contributed by atoms with E-state index in [1.807, 2.05) is 13.8 Å². The highest BCUT2D eigenvalue weighted by Crippen LogP contribution is 2.19. The Labute approximate surface area is 101 Å². The smallest absolute Gasteiger partial charge is 0.272 e. The van der Waals surface area contributed by atoms with Crippen molar-refractivity contribution in [2.75, 3.05) is 5.73 Å². The quantitative estimate of drug-likeness (QED) is 0.829. The molecule has 0 saturated heterocycles. The largest absolute Gasteiger partial charge is 0.396 e. The third kappa shape index (κ3) is 2.54. The first kappa shape index (κ1) is 11.8. The predicted octanol–water partition coefficient (Wildman–Crippen LogP) is 1.46. The number of anilines is 1. The van der Waals surface area contributed by atoms with E-state index in [0.29, 0.717) is 23.2 Å². The summed E-state index contributed by atoms with van der Waals surface area (Å²) in [6.45, 7) is 3.97. The summed E-state index contributed by atoms with van der Waals surface area (Å²) in [6, 6.07) is 0.291. The normalized spacial score (nSPS) is 15.7. The topological polar surface area (TPSA) is 80.9 Å². The second-order valence-corrected chi connectivity index (χ2v) is 4.79. The van der Waals surface area contributed by atoms with Crippen LogP contribution in [0.15, 0.2) is 6.20 Å². The highest BCUT2D eigenvalue weighted by molar-refractivity contribution is 5.97. The van der Waals surface area contributed by atoms with E-state index in [9.17, 15) is 4.79 Å². The summed E-state index contributed by atoms with van der Waals surface area (Å²) in [4.78, 5) is 20.3. The fourth-order valence-electron chi connectivity index (χ4n) is 1.67. The zero-order chi connectivity index (χ0) is 12.4. The molecule has 1 aliphatic carbocycles. The standard InChI is InChI=1S/C12H18N4O/c1-7(2)11-14-6-9(13)10(16-11)12(17)15-8-4-3-5-8/h6-8H,3-5,13H2,1-2H3,(H,15,17). The van der Waals surface area contributed by atoms with E-state index >= 15 is 0 Å². The van der Waals surface area contributed by atoms with Gasteiger partial charge >= 0.3 is 0 Å². The van der Waals surface area contributed by atoms with Gasteiger partial charge in [0, 0.05) is 12.0 Å². The number of nitrogens with two attached hydrogens (primary N) is 1. The molecule has 0 spiro atoms. The number of nitrogen functional groups attached to an aromatic ring is 1. The van der Waals surface area contributed by atoms with Gasteiger partial charge in [-0.3, -0.25) is 4.79 Å². The Morgan fingerprint density at radius 3 is 2.76 bits per heavy atom. The van der Waals surface area contributed by atoms with Gasteiger partial charge in [-0.15, -0.1) is 0 Å². The molecular weight excluding hydrogens is 216 g/mol. The molecule has 1 amide bonds. The molecule has 1 heterocycles. The van der Waals surface area contributed by atoms with E-state index < -0.39 is 0 Å². The van der Waals surface area contributed by atoms with Crippen molar-refractivity contribution >= 4 is 11.6 Å². The molecular formula is C12H18N4O. The van der Waals surface area contributed by atoms with Crippen LogP contribution in [0.3, 0.4) is 0 Å². The van der Waals surface area contributed by atoms with Crippen LogP contribution in [0.25, 0.3) is 0 Å². The average Bonchev–Trinajstić information content (AvgIpc) is 2.23. The molecule has 0 aromatic carbocycles. The van der Waals surface area contributed by atoms with Crippen LogP contribution in [0.1, 0.15) is 55.3 Å². The van der Waals surface area contributed by atoms with Gasteiger partial charge < -0.3 is 11.1 Å². The van der Waals surface area contributed by atoms with E-state index in [4.69, 9.17) is 5.73 Å². The third-order valence-corrected chi connectivity index (χ3v) is 3.01. The third-order valence-electron chi connectivity index (χ3n) is 3.01. The summed E-state index contributed by atoms with van der Waals surface area (Å²) >= 11 is 0. The predicted molar refractivity (Wildman–Crippen MR) is 65.6 cm³/mol. The molecule has 5 nitrogen and oxygen atoms in total. The van der Waals surface area contributed by atoms with Crippen LogP contribution >= 0.6 is 0 Å². The summed E-state index contributed by atoms with van der Waals surface area (Å²) in [5.74, 6) is 0.653. The van der Waals surface area contributed by atoms with E-state index in [1.165, 1.54) is 12.6 Å². The highest BCUT2D eigenvalue weighted by Gasteiger charge is 2.22. The van der Waals surface area contributed by atoms with Gasteiger partial charge in [-0.25, -0.2) is 9.97 Å². The Kier molecular flexibility index (Phi) is 3.26. The maximum absolute atomic E-state index is 12.0. The maximum Gasteiger partial charge on any atom is 0.272 e. The number of rotatable bonds is 3. The van der Waals surface area contributed by atoms with Crippen molar-refractivity contribution in [2.45, 2.75) is 45.1 Å². The lowest BCUT2D eigenvalue weighted by Gasteiger charge is -2.26. The van der Waals surface area contributed by atoms with Gasteiger partial charge in [0.05, 0.1) is 11.9 Å². The van der Waals surface area contributed by atoms with Gasteiger partial charge in [0.1, 0.15) is 5.82 Å². The van der Waals surface area contributed by atoms with Crippen LogP contribution < -0.4 is 11.1 Å². The summed E-state index contributed by atoms with van der Waals surface area (Å²) in [6.07, 6.45) is 4.79. The molecule has 0 aliphatic heterocycles. The summed E-state index contributed by atoms with van der Waals surface area (Å²) in [7, 11) is 0. The molecule has 2 rings (SSSR count). The lowest BCUT2D eigenvalue weighted by atomic mass is 9.93. The monoisotopic (exact) mass is 234 g/mol. The molecule has 5 heteroatoms. The first-order valence-electron chi connectivity index (χ1n) is 6.01. The molecule has 0 unspecified atom stereocenters. The SMILES string of the molecule is CC(C)c1ncc(N)c(C(=O)NC2CCC2)n1. The molecule has 17 heavy (non-hydrogen) atoms. The van der Waals surface area contributed by atoms with Crippen molar-refractivity contribution in [1.29, 1.82) is 0 Å². The van der Waals surface area contributed by atoms with Crippen LogP contribution in [0, 0.1) is 0 Å². The number of hydrogen-bond acceptors (Lipinski definition) is 4. The molecule has 1 aromatic heterocycles. The lowest BCUT2D eigenvalue weighted by Crippen LogP contribution is -2.40. The van der Waals surface area contributed by atoms with Gasteiger partial charge in [-0.05, 0) is 19.3 Å². The number of amides is 1. The van der Waals surface area contributed by atoms with Crippen molar-refractivity contribution in [3.63, 3.8) is 0 Å². The van der Waals surface area contributed by atoms with Crippen LogP contribution in [0.5, 0.6) is 0 Å². The summed E-state index contributed by atoms with van der Waals surface area (Å²) < 4.78 is 0. The number of carbonyl (C=O) groups is 1. The molecule has 1 fully saturated rings. The van der Waals surface area contributed by atoms with Crippen molar-refractivity contribution in [3.05, 3.63) is 17.7 Å². The van der Waals surface area contributed by atoms with Gasteiger partial charge in [0.15, 0.2) is 5.69 Å². The van der Waals surface area contributed by atoms with E-state index in [2.05, 4.69) is 15.3 Å². The van der Waals surface area contributed by atoms with Gasteiger partial charge in [-0.1, -0.05) is 13.8 Å². The van der Waals surface area contributed by atoms with Crippen LogP contribution in [0.2, 0.25) is 0 Å². The Bertz CT molecular complexity index is 427. The van der Waals surface area contributed by atoms with Crippen LogP contribution in [-0.2, 0) is 0 Å². The molecule has 1 saturated carbocycles. The van der Waals surface area contributed by atoms with Crippen LogP contribution in [-0.4, -0.2) is 21.9 Å². The maximum atomic E-state index is 12.0. The molecule has 0 atom stereocenters. The Morgan fingerprint density at radius 2 is 2.24 bits per heavy atom. The minimum Gasteiger partial charge on any atom is -0.396 e. The molecule has 0 radical (unpaired) electrons. The number of carbonyl (C=O) groups excluding carboxylic acids is 1. The second kappa shape index (κ2) is 4.69. The first-order chi connectivity index (χ1) is 8.08. The zero-order valence-electron chi connectivity index (χ0n) is 10.2. The fraction of sp³-hybridized carbons (Fsp3) is 0.583. The lowest BCUT2D eigenvalue weighted by molar-refractivity contribution is 0.0912. The molecule has 1 aromatic rings. The molecule has 1 aliphatic rings. The molecule has 0 bridgehead atoms. The van der Waals surface area contributed by atoms with Crippen molar-refractivity contribution in [2.24, 2.45) is 0 Å². The van der Waals surface area contributed by atoms with E-state index in [1.54, 1.807) is 0 Å². The molecule has 3 N–H and O–H groups in total. The number of aromatic nitrogens is 2. The van der Waals surface area contributed by atoms with Gasteiger partial charge in [0.2, 0.25) is 0 Å².